The van der Waals surface area contributed by atoms with Gasteiger partial charge in [-0.25, -0.2) is 23.3 Å². The zero-order valence-corrected chi connectivity index (χ0v) is 36.5. The van der Waals surface area contributed by atoms with Crippen LogP contribution in [0.25, 0.3) is 0 Å². The Hall–Kier alpha value is 0.629. The Morgan fingerprint density at radius 2 is 1.00 bits per heavy atom. The molecule has 0 aromatic rings. The van der Waals surface area contributed by atoms with Gasteiger partial charge in [0.25, 0.3) is 0 Å². The SMILES string of the molecule is CCCSC1(CC2=[C-]CC=C2)CC=C(C)C=C1C(C)(C)C.CCCSC1(CC2=[C-]CC=C2)CC=C(C)C=C1C(C)(C)C.[Cl-].[Cl-].[Ti+2].[Ti+2]. The van der Waals surface area contributed by atoms with Crippen LogP contribution >= 0.6 is 23.5 Å². The van der Waals surface area contributed by atoms with E-state index >= 15 is 0 Å². The summed E-state index contributed by atoms with van der Waals surface area (Å²) in [6, 6.07) is 0. The molecule has 0 fully saturated rings. The van der Waals surface area contributed by atoms with E-state index in [0.29, 0.717) is 0 Å². The zero-order chi connectivity index (χ0) is 31.0. The average molecular weight is 770 g/mol. The van der Waals surface area contributed by atoms with E-state index < -0.39 is 0 Å². The fourth-order valence-electron chi connectivity index (χ4n) is 6.57. The monoisotopic (exact) mass is 768 g/mol. The molecule has 0 aromatic heterocycles. The molecule has 4 rings (SSSR count). The van der Waals surface area contributed by atoms with Gasteiger partial charge in [-0.3, -0.25) is 12.2 Å². The molecule has 0 bridgehead atoms. The molecule has 0 aromatic carbocycles. The number of rotatable bonds is 10. The third-order valence-corrected chi connectivity index (χ3v) is 11.9. The Morgan fingerprint density at radius 3 is 1.26 bits per heavy atom. The molecule has 0 radical (unpaired) electrons. The Balaban J connectivity index is 0. The second-order valence-corrected chi connectivity index (χ2v) is 17.5. The summed E-state index contributed by atoms with van der Waals surface area (Å²) in [6.07, 6.45) is 34.9. The summed E-state index contributed by atoms with van der Waals surface area (Å²) in [5.74, 6) is 2.47. The smallest absolute Gasteiger partial charge is 1.00 e. The van der Waals surface area contributed by atoms with Crippen LogP contribution in [-0.2, 0) is 43.4 Å². The number of allylic oxidation sites excluding steroid dienone is 14. The molecular formula is C40H58Cl2S2Ti2. The average Bonchev–Trinajstić information content (AvgIpc) is 3.63. The van der Waals surface area contributed by atoms with E-state index in [0.717, 1.165) is 38.5 Å². The Labute approximate surface area is 335 Å². The maximum Gasteiger partial charge on any atom is 2.00 e. The third kappa shape index (κ3) is 13.7. The van der Waals surface area contributed by atoms with E-state index in [2.05, 4.69) is 154 Å². The molecule has 0 spiro atoms. The van der Waals surface area contributed by atoms with E-state index in [1.54, 1.807) is 11.1 Å². The standard InChI is InChI=1S/2C20H29S.2ClH.2Ti/c2*1-6-13-21-20(15-17-9-7-8-10-17)12-11-16(2)14-18(20)19(3,4)5;;;;/h2*7,9,11,14H,6,8,12-13,15H2,1-5H3;2*1H;;/q2*-1;;;2*+2/p-2. The molecule has 0 amide bonds. The molecule has 46 heavy (non-hydrogen) atoms. The molecule has 0 N–H and O–H groups in total. The molecule has 2 atom stereocenters. The number of hydrogen-bond acceptors (Lipinski definition) is 2. The van der Waals surface area contributed by atoms with E-state index in [-0.39, 0.29) is 88.6 Å². The second-order valence-electron chi connectivity index (χ2n) is 14.6. The molecule has 0 saturated heterocycles. The van der Waals surface area contributed by atoms with Crippen LogP contribution in [0.4, 0.5) is 0 Å². The molecule has 4 aliphatic rings. The van der Waals surface area contributed by atoms with Gasteiger partial charge in [0.2, 0.25) is 0 Å². The predicted molar refractivity (Wildman–Crippen MR) is 193 cm³/mol. The normalized spacial score (nSPS) is 23.4. The summed E-state index contributed by atoms with van der Waals surface area (Å²) in [4.78, 5) is 0. The predicted octanol–water partition coefficient (Wildman–Crippen LogP) is 6.54. The summed E-state index contributed by atoms with van der Waals surface area (Å²) >= 11 is 4.32. The largest absolute Gasteiger partial charge is 2.00 e. The van der Waals surface area contributed by atoms with E-state index in [1.807, 2.05) is 0 Å². The van der Waals surface area contributed by atoms with Crippen LogP contribution in [0.2, 0.25) is 0 Å². The maximum absolute atomic E-state index is 3.53. The van der Waals surface area contributed by atoms with Crippen LogP contribution in [0.1, 0.15) is 121 Å². The van der Waals surface area contributed by atoms with E-state index in [4.69, 9.17) is 0 Å². The summed E-state index contributed by atoms with van der Waals surface area (Å²) in [5, 5.41) is 0. The van der Waals surface area contributed by atoms with Crippen molar-refractivity contribution in [2.45, 2.75) is 130 Å². The minimum absolute atomic E-state index is 0. The van der Waals surface area contributed by atoms with Crippen molar-refractivity contribution < 1.29 is 68.2 Å². The van der Waals surface area contributed by atoms with Crippen molar-refractivity contribution in [3.8, 4) is 0 Å². The zero-order valence-electron chi connectivity index (χ0n) is 30.3. The molecular weight excluding hydrogens is 711 g/mol. The van der Waals surface area contributed by atoms with Crippen LogP contribution in [0.15, 0.2) is 82.0 Å². The first kappa shape index (κ1) is 48.7. The molecule has 6 heteroatoms. The van der Waals surface area contributed by atoms with Gasteiger partial charge in [0.1, 0.15) is 0 Å². The fourth-order valence-corrected chi connectivity index (χ4v) is 9.72. The number of halogens is 2. The molecule has 2 unspecified atom stereocenters. The minimum Gasteiger partial charge on any atom is -1.00 e. The first-order valence-corrected chi connectivity index (χ1v) is 18.3. The van der Waals surface area contributed by atoms with Gasteiger partial charge in [-0.15, -0.1) is 12.8 Å². The van der Waals surface area contributed by atoms with Crippen LogP contribution in [0.5, 0.6) is 0 Å². The molecule has 0 saturated carbocycles. The molecule has 4 aliphatic carbocycles. The Morgan fingerprint density at radius 1 is 0.652 bits per heavy atom. The second kappa shape index (κ2) is 21.8. The summed E-state index contributed by atoms with van der Waals surface area (Å²) in [5.41, 5.74) is 9.33. The summed E-state index contributed by atoms with van der Waals surface area (Å²) < 4.78 is 0.454. The van der Waals surface area contributed by atoms with Crippen molar-refractivity contribution in [1.82, 2.24) is 0 Å². The first-order valence-electron chi connectivity index (χ1n) is 16.3. The van der Waals surface area contributed by atoms with Gasteiger partial charge in [0.05, 0.1) is 0 Å². The third-order valence-electron chi connectivity index (χ3n) is 8.50. The van der Waals surface area contributed by atoms with Crippen molar-refractivity contribution in [2.24, 2.45) is 10.8 Å². The van der Waals surface area contributed by atoms with Gasteiger partial charge in [-0.2, -0.15) is 35.7 Å². The molecule has 0 heterocycles. The molecule has 0 nitrogen and oxygen atoms in total. The van der Waals surface area contributed by atoms with Crippen LogP contribution in [0, 0.1) is 23.0 Å². The van der Waals surface area contributed by atoms with E-state index in [1.165, 1.54) is 46.6 Å². The minimum atomic E-state index is 0. The van der Waals surface area contributed by atoms with Gasteiger partial charge < -0.3 is 24.8 Å². The van der Waals surface area contributed by atoms with Crippen molar-refractivity contribution in [1.29, 1.82) is 0 Å². The summed E-state index contributed by atoms with van der Waals surface area (Å²) in [7, 11) is 0. The quantitative estimate of drug-likeness (QED) is 0.183. The Bertz CT molecular complexity index is 1110. The van der Waals surface area contributed by atoms with Crippen LogP contribution in [-0.4, -0.2) is 21.0 Å². The maximum atomic E-state index is 3.53. The molecule has 0 aliphatic heterocycles. The van der Waals surface area contributed by atoms with Gasteiger partial charge in [0.15, 0.2) is 0 Å². The van der Waals surface area contributed by atoms with Gasteiger partial charge in [-0.1, -0.05) is 90.8 Å². The van der Waals surface area contributed by atoms with Gasteiger partial charge in [0, 0.05) is 9.49 Å². The topological polar surface area (TPSA) is 0 Å². The van der Waals surface area contributed by atoms with Crippen molar-refractivity contribution in [3.05, 3.63) is 94.2 Å². The number of thioether (sulfide) groups is 2. The van der Waals surface area contributed by atoms with Crippen molar-refractivity contribution in [2.75, 3.05) is 11.5 Å². The Kier molecular flexibility index (Phi) is 23.1. The first-order chi connectivity index (χ1) is 19.7. The van der Waals surface area contributed by atoms with Gasteiger partial charge in [-0.05, 0) is 85.9 Å². The number of hydrogen-bond donors (Lipinski definition) is 0. The van der Waals surface area contributed by atoms with Crippen LogP contribution < -0.4 is 24.8 Å². The van der Waals surface area contributed by atoms with Gasteiger partial charge >= 0.3 is 43.4 Å². The van der Waals surface area contributed by atoms with Crippen molar-refractivity contribution >= 4 is 23.5 Å². The fraction of sp³-hybridized carbons (Fsp3) is 0.600. The summed E-state index contributed by atoms with van der Waals surface area (Å²) in [6.45, 7) is 23.2. The van der Waals surface area contributed by atoms with Crippen LogP contribution in [0.3, 0.4) is 0 Å². The van der Waals surface area contributed by atoms with Crippen molar-refractivity contribution in [3.63, 3.8) is 0 Å². The molecule has 252 valence electrons. The van der Waals surface area contributed by atoms with E-state index in [9.17, 15) is 0 Å².